The summed E-state index contributed by atoms with van der Waals surface area (Å²) >= 11 is 0. The van der Waals surface area contributed by atoms with Crippen molar-refractivity contribution in [2.75, 3.05) is 0 Å². The molecule has 0 aromatic heterocycles. The smallest absolute Gasteiger partial charge is 0.200 e. The highest BCUT2D eigenvalue weighted by atomic mass is 32.2. The van der Waals surface area contributed by atoms with Gasteiger partial charge in [-0.1, -0.05) is 24.8 Å². The molecule has 0 rings (SSSR count). The first-order chi connectivity index (χ1) is 6.58. The quantitative estimate of drug-likeness (QED) is 0.526. The van der Waals surface area contributed by atoms with Crippen molar-refractivity contribution in [2.24, 2.45) is 0 Å². The molecule has 0 saturated carbocycles. The third-order valence-corrected chi connectivity index (χ3v) is 2.85. The predicted molar refractivity (Wildman–Crippen MR) is 56.8 cm³/mol. The van der Waals surface area contributed by atoms with E-state index < -0.39 is 9.84 Å². The maximum atomic E-state index is 11.4. The minimum absolute atomic E-state index is 0.143. The van der Waals surface area contributed by atoms with E-state index in [1.807, 2.05) is 0 Å². The summed E-state index contributed by atoms with van der Waals surface area (Å²) in [6.07, 6.45) is 6.81. The first-order valence-corrected chi connectivity index (χ1v) is 5.39. The maximum Gasteiger partial charge on any atom is 0.200 e. The molecule has 0 saturated heterocycles. The summed E-state index contributed by atoms with van der Waals surface area (Å²) in [5, 5.41) is 9.08. The lowest BCUT2D eigenvalue weighted by Gasteiger charge is -1.96. The van der Waals surface area contributed by atoms with E-state index in [-0.39, 0.29) is 4.91 Å². The number of sulfone groups is 1. The van der Waals surface area contributed by atoms with Crippen molar-refractivity contribution >= 4 is 9.84 Å². The Morgan fingerprint density at radius 3 is 2.57 bits per heavy atom. The van der Waals surface area contributed by atoms with Gasteiger partial charge in [0.15, 0.2) is 9.84 Å². The molecular formula is C10H11NO2S. The van der Waals surface area contributed by atoms with Crippen LogP contribution in [0.1, 0.15) is 6.92 Å². The lowest BCUT2D eigenvalue weighted by Crippen LogP contribution is -1.96. The van der Waals surface area contributed by atoms with Crippen LogP contribution in [-0.2, 0) is 9.84 Å². The number of hydrogen-bond donors (Lipinski definition) is 0. The molecular weight excluding hydrogens is 198 g/mol. The van der Waals surface area contributed by atoms with E-state index in [4.69, 9.17) is 5.26 Å². The average Bonchev–Trinajstić information content (AvgIpc) is 2.16. The molecule has 0 aliphatic heterocycles. The molecule has 14 heavy (non-hydrogen) atoms. The molecule has 4 heteroatoms. The second-order valence-corrected chi connectivity index (χ2v) is 4.10. The summed E-state index contributed by atoms with van der Waals surface area (Å²) in [5.41, 5.74) is 0. The molecule has 0 aromatic carbocycles. The van der Waals surface area contributed by atoms with Crippen LogP contribution in [-0.4, -0.2) is 8.42 Å². The van der Waals surface area contributed by atoms with Crippen LogP contribution >= 0.6 is 0 Å². The topological polar surface area (TPSA) is 57.9 Å². The van der Waals surface area contributed by atoms with Crippen molar-refractivity contribution in [3.05, 3.63) is 47.3 Å². The summed E-state index contributed by atoms with van der Waals surface area (Å²) < 4.78 is 22.9. The molecule has 0 aliphatic rings. The van der Waals surface area contributed by atoms with Crippen LogP contribution in [0.25, 0.3) is 0 Å². The fourth-order valence-electron chi connectivity index (χ4n) is 0.717. The summed E-state index contributed by atoms with van der Waals surface area (Å²) in [4.78, 5) is 0.143. The average molecular weight is 209 g/mol. The van der Waals surface area contributed by atoms with Crippen LogP contribution < -0.4 is 0 Å². The number of nitriles is 1. The first kappa shape index (κ1) is 12.4. The highest BCUT2D eigenvalue weighted by Gasteiger charge is 2.09. The van der Waals surface area contributed by atoms with Gasteiger partial charge in [-0.05, 0) is 13.0 Å². The van der Waals surface area contributed by atoms with Crippen molar-refractivity contribution < 1.29 is 8.42 Å². The van der Waals surface area contributed by atoms with Crippen LogP contribution in [0.2, 0.25) is 0 Å². The van der Waals surface area contributed by atoms with Gasteiger partial charge in [-0.25, -0.2) is 8.42 Å². The molecule has 0 aliphatic carbocycles. The molecule has 0 atom stereocenters. The van der Waals surface area contributed by atoms with Gasteiger partial charge < -0.3 is 0 Å². The molecule has 0 bridgehead atoms. The fraction of sp³-hybridized carbons (Fsp3) is 0.100. The van der Waals surface area contributed by atoms with E-state index in [1.165, 1.54) is 24.3 Å². The van der Waals surface area contributed by atoms with Crippen molar-refractivity contribution in [1.82, 2.24) is 0 Å². The Bertz CT molecular complexity index is 420. The third-order valence-electron chi connectivity index (χ3n) is 1.33. The van der Waals surface area contributed by atoms with E-state index in [9.17, 15) is 8.42 Å². The largest absolute Gasteiger partial charge is 0.219 e. The molecule has 0 spiro atoms. The molecule has 0 radical (unpaired) electrons. The number of allylic oxidation sites excluding steroid dienone is 5. The second-order valence-electron chi connectivity index (χ2n) is 2.26. The Balaban J connectivity index is 5.08. The van der Waals surface area contributed by atoms with Crippen LogP contribution in [0.4, 0.5) is 0 Å². The van der Waals surface area contributed by atoms with Gasteiger partial charge in [0, 0.05) is 11.5 Å². The fourth-order valence-corrected chi connectivity index (χ4v) is 1.71. The maximum absolute atomic E-state index is 11.4. The molecule has 0 aromatic rings. The minimum atomic E-state index is -3.48. The van der Waals surface area contributed by atoms with Crippen LogP contribution in [0, 0.1) is 11.3 Å². The van der Waals surface area contributed by atoms with Gasteiger partial charge >= 0.3 is 0 Å². The Morgan fingerprint density at radius 1 is 1.50 bits per heavy atom. The van der Waals surface area contributed by atoms with Gasteiger partial charge in [0.05, 0.1) is 11.0 Å². The SMILES string of the molecule is C=C/C=C\C(=C/C)S(=O)(=O)/C=C/C#N. The zero-order valence-corrected chi connectivity index (χ0v) is 8.66. The van der Waals surface area contributed by atoms with E-state index in [0.717, 1.165) is 11.5 Å². The Hall–Kier alpha value is -1.60. The van der Waals surface area contributed by atoms with E-state index in [1.54, 1.807) is 13.0 Å². The predicted octanol–water partition coefficient (Wildman–Crippen LogP) is 2.08. The van der Waals surface area contributed by atoms with Gasteiger partial charge in [0.2, 0.25) is 0 Å². The molecule has 0 N–H and O–H groups in total. The monoisotopic (exact) mass is 209 g/mol. The molecule has 74 valence electrons. The number of nitrogens with zero attached hydrogens (tertiary/aromatic N) is 1. The van der Waals surface area contributed by atoms with Crippen LogP contribution in [0.5, 0.6) is 0 Å². The molecule has 3 nitrogen and oxygen atoms in total. The lowest BCUT2D eigenvalue weighted by atomic mass is 10.4. The van der Waals surface area contributed by atoms with E-state index in [0.29, 0.717) is 0 Å². The van der Waals surface area contributed by atoms with Crippen molar-refractivity contribution in [2.45, 2.75) is 6.92 Å². The normalized spacial score (nSPS) is 13.3. The van der Waals surface area contributed by atoms with Crippen LogP contribution in [0.15, 0.2) is 47.3 Å². The first-order valence-electron chi connectivity index (χ1n) is 3.85. The van der Waals surface area contributed by atoms with Crippen molar-refractivity contribution in [1.29, 1.82) is 5.26 Å². The third kappa shape index (κ3) is 3.87. The summed E-state index contributed by atoms with van der Waals surface area (Å²) in [7, 11) is -3.48. The Kier molecular flexibility index (Phi) is 5.27. The van der Waals surface area contributed by atoms with Gasteiger partial charge in [0.1, 0.15) is 0 Å². The van der Waals surface area contributed by atoms with Crippen molar-refractivity contribution in [3.63, 3.8) is 0 Å². The standard InChI is InChI=1S/C10H11NO2S/c1-3-5-7-10(4-2)14(12,13)9-6-8-11/h3-7,9H,1H2,2H3/b7-5-,9-6+,10-4+. The van der Waals surface area contributed by atoms with E-state index in [2.05, 4.69) is 6.58 Å². The lowest BCUT2D eigenvalue weighted by molar-refractivity contribution is 0.611. The molecule has 0 unspecified atom stereocenters. The molecule has 0 amide bonds. The summed E-state index contributed by atoms with van der Waals surface area (Å²) in [6, 6.07) is 1.63. The number of rotatable bonds is 4. The second kappa shape index (κ2) is 5.95. The summed E-state index contributed by atoms with van der Waals surface area (Å²) in [5.74, 6) is 0. The minimum Gasteiger partial charge on any atom is -0.219 e. The Morgan fingerprint density at radius 2 is 2.14 bits per heavy atom. The van der Waals surface area contributed by atoms with Crippen molar-refractivity contribution in [3.8, 4) is 6.07 Å². The van der Waals surface area contributed by atoms with E-state index >= 15 is 0 Å². The molecule has 0 fully saturated rings. The van der Waals surface area contributed by atoms with Gasteiger partial charge in [-0.3, -0.25) is 0 Å². The van der Waals surface area contributed by atoms with Crippen LogP contribution in [0.3, 0.4) is 0 Å². The highest BCUT2D eigenvalue weighted by Crippen LogP contribution is 2.10. The highest BCUT2D eigenvalue weighted by molar-refractivity contribution is 7.98. The summed E-state index contributed by atoms with van der Waals surface area (Å²) in [6.45, 7) is 5.04. The molecule has 0 heterocycles. The Labute approximate surface area is 84.3 Å². The van der Waals surface area contributed by atoms with Gasteiger partial charge in [-0.2, -0.15) is 5.26 Å². The number of hydrogen-bond acceptors (Lipinski definition) is 3. The zero-order valence-electron chi connectivity index (χ0n) is 7.84. The zero-order chi connectivity index (χ0) is 11.0. The van der Waals surface area contributed by atoms with Gasteiger partial charge in [-0.15, -0.1) is 0 Å². The van der Waals surface area contributed by atoms with Gasteiger partial charge in [0.25, 0.3) is 0 Å².